The van der Waals surface area contributed by atoms with Crippen LogP contribution in [0.15, 0.2) is 12.3 Å². The molecule has 0 amide bonds. The summed E-state index contributed by atoms with van der Waals surface area (Å²) in [5, 5.41) is 0. The van der Waals surface area contributed by atoms with Crippen LogP contribution < -0.4 is 0 Å². The molecule has 0 fully saturated rings. The Hall–Kier alpha value is -0.330. The fourth-order valence-corrected chi connectivity index (χ4v) is 1.20. The van der Waals surface area contributed by atoms with Crippen LogP contribution in [0.3, 0.4) is 0 Å². The number of hydrogen-bond acceptors (Lipinski definition) is 5. The lowest BCUT2D eigenvalue weighted by Gasteiger charge is -2.07. The molecular formula is C13H25ClO5. The molecule has 0 aliphatic rings. The average molecular weight is 297 g/mol. The lowest BCUT2D eigenvalue weighted by atomic mass is 10.6. The maximum Gasteiger partial charge on any atom is 0.111 e. The van der Waals surface area contributed by atoms with Gasteiger partial charge in [-0.05, 0) is 6.92 Å². The summed E-state index contributed by atoms with van der Waals surface area (Å²) < 4.78 is 26.2. The summed E-state index contributed by atoms with van der Waals surface area (Å²) in [4.78, 5) is 0. The molecule has 0 unspecified atom stereocenters. The number of allylic oxidation sites excluding steroid dienone is 1. The molecular weight excluding hydrogens is 272 g/mol. The molecule has 0 aromatic rings. The zero-order valence-electron chi connectivity index (χ0n) is 11.7. The Bertz CT molecular complexity index is 201. The summed E-state index contributed by atoms with van der Waals surface area (Å²) in [6.07, 6.45) is 0. The van der Waals surface area contributed by atoms with Crippen molar-refractivity contribution in [2.45, 2.75) is 6.92 Å². The van der Waals surface area contributed by atoms with Crippen LogP contribution in [0, 0.1) is 0 Å². The minimum absolute atomic E-state index is 0.514. The van der Waals surface area contributed by atoms with Gasteiger partial charge in [0.05, 0.1) is 58.6 Å². The standard InChI is InChI=1S/C13H25ClO5/c1-13(2)19-12-11-18-10-9-17-8-7-16-6-5-15-4-3-14/h1,3-12H2,2H3. The van der Waals surface area contributed by atoms with Crippen molar-refractivity contribution in [1.82, 2.24) is 0 Å². The van der Waals surface area contributed by atoms with Crippen molar-refractivity contribution in [1.29, 1.82) is 0 Å². The van der Waals surface area contributed by atoms with Crippen LogP contribution >= 0.6 is 11.6 Å². The van der Waals surface area contributed by atoms with E-state index >= 15 is 0 Å². The van der Waals surface area contributed by atoms with Gasteiger partial charge in [0, 0.05) is 5.88 Å². The summed E-state index contributed by atoms with van der Waals surface area (Å²) in [5.41, 5.74) is 0. The molecule has 0 bridgehead atoms. The fourth-order valence-electron chi connectivity index (χ4n) is 1.09. The maximum atomic E-state index is 5.45. The predicted molar refractivity (Wildman–Crippen MR) is 74.8 cm³/mol. The van der Waals surface area contributed by atoms with Gasteiger partial charge in [0.25, 0.3) is 0 Å². The van der Waals surface area contributed by atoms with E-state index in [1.165, 1.54) is 0 Å². The molecule has 6 heteroatoms. The lowest BCUT2D eigenvalue weighted by Crippen LogP contribution is -2.13. The molecule has 0 aromatic heterocycles. The first-order chi connectivity index (χ1) is 9.27. The van der Waals surface area contributed by atoms with Crippen molar-refractivity contribution in [2.75, 3.05) is 65.3 Å². The van der Waals surface area contributed by atoms with E-state index in [0.717, 1.165) is 0 Å². The average Bonchev–Trinajstić information content (AvgIpc) is 2.39. The maximum absolute atomic E-state index is 5.45. The van der Waals surface area contributed by atoms with Crippen LogP contribution in [0.4, 0.5) is 0 Å². The van der Waals surface area contributed by atoms with Gasteiger partial charge in [0.2, 0.25) is 0 Å². The molecule has 0 N–H and O–H groups in total. The third kappa shape index (κ3) is 17.7. The molecule has 0 atom stereocenters. The van der Waals surface area contributed by atoms with E-state index in [-0.39, 0.29) is 0 Å². The SMILES string of the molecule is C=C(C)OCCOCCOCCOCCOCCCl. The molecule has 0 radical (unpaired) electrons. The van der Waals surface area contributed by atoms with Crippen molar-refractivity contribution < 1.29 is 23.7 Å². The first-order valence-electron chi connectivity index (χ1n) is 6.42. The van der Waals surface area contributed by atoms with Crippen LogP contribution in [-0.4, -0.2) is 65.3 Å². The zero-order valence-corrected chi connectivity index (χ0v) is 12.5. The van der Waals surface area contributed by atoms with Crippen molar-refractivity contribution >= 4 is 11.6 Å². The summed E-state index contributed by atoms with van der Waals surface area (Å²) in [6, 6.07) is 0. The molecule has 0 spiro atoms. The summed E-state index contributed by atoms with van der Waals surface area (Å²) in [7, 11) is 0. The fraction of sp³-hybridized carbons (Fsp3) is 0.846. The largest absolute Gasteiger partial charge is 0.496 e. The highest BCUT2D eigenvalue weighted by molar-refractivity contribution is 6.17. The Morgan fingerprint density at radius 1 is 0.737 bits per heavy atom. The molecule has 0 heterocycles. The van der Waals surface area contributed by atoms with Gasteiger partial charge in [0.1, 0.15) is 6.61 Å². The zero-order chi connectivity index (χ0) is 14.2. The summed E-state index contributed by atoms with van der Waals surface area (Å²) in [6.45, 7) is 10.4. The highest BCUT2D eigenvalue weighted by Gasteiger charge is 1.93. The van der Waals surface area contributed by atoms with Crippen LogP contribution in [0.2, 0.25) is 0 Å². The third-order valence-electron chi connectivity index (χ3n) is 1.91. The van der Waals surface area contributed by atoms with E-state index in [9.17, 15) is 0 Å². The first kappa shape index (κ1) is 18.7. The monoisotopic (exact) mass is 296 g/mol. The molecule has 5 nitrogen and oxygen atoms in total. The van der Waals surface area contributed by atoms with Crippen LogP contribution in [-0.2, 0) is 23.7 Å². The second-order valence-corrected chi connectivity index (χ2v) is 4.07. The summed E-state index contributed by atoms with van der Waals surface area (Å²) >= 11 is 5.45. The predicted octanol–water partition coefficient (Wildman–Crippen LogP) is 1.84. The Kier molecular flexibility index (Phi) is 15.5. The molecule has 0 aliphatic carbocycles. The van der Waals surface area contributed by atoms with E-state index in [4.69, 9.17) is 35.3 Å². The minimum atomic E-state index is 0.514. The Morgan fingerprint density at radius 3 is 1.47 bits per heavy atom. The van der Waals surface area contributed by atoms with Gasteiger partial charge in [-0.1, -0.05) is 6.58 Å². The Balaban J connectivity index is 2.93. The second kappa shape index (κ2) is 15.7. The van der Waals surface area contributed by atoms with Crippen LogP contribution in [0.1, 0.15) is 6.92 Å². The highest BCUT2D eigenvalue weighted by atomic mass is 35.5. The molecule has 19 heavy (non-hydrogen) atoms. The molecule has 0 aromatic carbocycles. The Labute approximate surface area is 120 Å². The van der Waals surface area contributed by atoms with E-state index < -0.39 is 0 Å². The number of alkyl halides is 1. The molecule has 0 saturated carbocycles. The normalized spacial score (nSPS) is 10.6. The number of ether oxygens (including phenoxy) is 5. The van der Waals surface area contributed by atoms with Crippen molar-refractivity contribution in [3.8, 4) is 0 Å². The number of rotatable bonds is 15. The van der Waals surface area contributed by atoms with Crippen molar-refractivity contribution in [3.63, 3.8) is 0 Å². The van der Waals surface area contributed by atoms with Gasteiger partial charge >= 0.3 is 0 Å². The number of halogens is 1. The van der Waals surface area contributed by atoms with E-state index in [2.05, 4.69) is 6.58 Å². The molecule has 0 aliphatic heterocycles. The second-order valence-electron chi connectivity index (χ2n) is 3.69. The van der Waals surface area contributed by atoms with Gasteiger partial charge < -0.3 is 23.7 Å². The molecule has 0 rings (SSSR count). The first-order valence-corrected chi connectivity index (χ1v) is 6.96. The van der Waals surface area contributed by atoms with Gasteiger partial charge in [-0.2, -0.15) is 0 Å². The summed E-state index contributed by atoms with van der Waals surface area (Å²) in [5.74, 6) is 1.22. The quantitative estimate of drug-likeness (QED) is 0.262. The Morgan fingerprint density at radius 2 is 1.11 bits per heavy atom. The third-order valence-corrected chi connectivity index (χ3v) is 2.07. The molecule has 114 valence electrons. The lowest BCUT2D eigenvalue weighted by molar-refractivity contribution is -0.00584. The van der Waals surface area contributed by atoms with Crippen LogP contribution in [0.5, 0.6) is 0 Å². The van der Waals surface area contributed by atoms with Crippen molar-refractivity contribution in [2.24, 2.45) is 0 Å². The van der Waals surface area contributed by atoms with Gasteiger partial charge in [0.15, 0.2) is 0 Å². The van der Waals surface area contributed by atoms with Gasteiger partial charge in [-0.25, -0.2) is 0 Å². The number of hydrogen-bond donors (Lipinski definition) is 0. The van der Waals surface area contributed by atoms with E-state index in [0.29, 0.717) is 71.1 Å². The van der Waals surface area contributed by atoms with Crippen LogP contribution in [0.25, 0.3) is 0 Å². The highest BCUT2D eigenvalue weighted by Crippen LogP contribution is 1.89. The molecule has 0 saturated heterocycles. The van der Waals surface area contributed by atoms with Crippen molar-refractivity contribution in [3.05, 3.63) is 12.3 Å². The smallest absolute Gasteiger partial charge is 0.111 e. The van der Waals surface area contributed by atoms with E-state index in [1.807, 2.05) is 6.92 Å². The van der Waals surface area contributed by atoms with Gasteiger partial charge in [-0.3, -0.25) is 0 Å². The topological polar surface area (TPSA) is 46.2 Å². The van der Waals surface area contributed by atoms with Gasteiger partial charge in [-0.15, -0.1) is 11.6 Å². The van der Waals surface area contributed by atoms with E-state index in [1.54, 1.807) is 0 Å². The minimum Gasteiger partial charge on any atom is -0.496 e.